The number of benzene rings is 2. The molecule has 2 aromatic carbocycles. The standard InChI is InChI=1S/C19H20BrN3/c20-19-7-5-18(6-8-19)15-23-11-9-22(10-12-23)14-17-3-1-16(13-21)2-4-17/h1-8H,9-12,14-15H2/p+2. The molecule has 0 amide bonds. The fraction of sp³-hybridized carbons (Fsp3) is 0.316. The molecular formula is C19H22BrN3+2. The minimum Gasteiger partial charge on any atom is -0.322 e. The Morgan fingerprint density at radius 3 is 1.65 bits per heavy atom. The molecule has 0 radical (unpaired) electrons. The second-order valence-electron chi connectivity index (χ2n) is 6.29. The lowest BCUT2D eigenvalue weighted by Gasteiger charge is -2.29. The number of hydrogen-bond donors (Lipinski definition) is 2. The number of nitrogens with zero attached hydrogens (tertiary/aromatic N) is 1. The Hall–Kier alpha value is -1.67. The van der Waals surface area contributed by atoms with Crippen molar-refractivity contribution in [3.05, 3.63) is 69.7 Å². The molecule has 1 heterocycles. The first-order valence-electron chi connectivity index (χ1n) is 8.13. The number of nitrogens with one attached hydrogen (secondary N) is 2. The Morgan fingerprint density at radius 2 is 1.22 bits per heavy atom. The summed E-state index contributed by atoms with van der Waals surface area (Å²) in [6.07, 6.45) is 0. The zero-order valence-electron chi connectivity index (χ0n) is 13.2. The van der Waals surface area contributed by atoms with Crippen molar-refractivity contribution in [3.8, 4) is 6.07 Å². The molecule has 0 spiro atoms. The third-order valence-corrected chi connectivity index (χ3v) is 5.10. The molecule has 0 unspecified atom stereocenters. The van der Waals surface area contributed by atoms with Crippen LogP contribution in [-0.4, -0.2) is 26.2 Å². The lowest BCUT2D eigenvalue weighted by Crippen LogP contribution is -3.27. The van der Waals surface area contributed by atoms with Crippen molar-refractivity contribution in [2.24, 2.45) is 0 Å². The molecule has 118 valence electrons. The van der Waals surface area contributed by atoms with E-state index in [4.69, 9.17) is 5.26 Å². The number of hydrogen-bond acceptors (Lipinski definition) is 1. The molecule has 2 aromatic rings. The largest absolute Gasteiger partial charge is 0.322 e. The van der Waals surface area contributed by atoms with Crippen molar-refractivity contribution in [3.63, 3.8) is 0 Å². The van der Waals surface area contributed by atoms with Crippen molar-refractivity contribution < 1.29 is 9.80 Å². The van der Waals surface area contributed by atoms with Gasteiger partial charge in [-0.3, -0.25) is 0 Å². The number of halogens is 1. The van der Waals surface area contributed by atoms with E-state index in [0.29, 0.717) is 0 Å². The summed E-state index contributed by atoms with van der Waals surface area (Å²) < 4.78 is 1.15. The highest BCUT2D eigenvalue weighted by molar-refractivity contribution is 9.10. The van der Waals surface area contributed by atoms with Crippen molar-refractivity contribution in [1.29, 1.82) is 5.26 Å². The maximum atomic E-state index is 8.85. The fourth-order valence-corrected chi connectivity index (χ4v) is 3.45. The van der Waals surface area contributed by atoms with Crippen LogP contribution in [0.1, 0.15) is 16.7 Å². The van der Waals surface area contributed by atoms with Crippen LogP contribution in [0.2, 0.25) is 0 Å². The third-order valence-electron chi connectivity index (χ3n) is 4.57. The molecule has 23 heavy (non-hydrogen) atoms. The van der Waals surface area contributed by atoms with Crippen molar-refractivity contribution in [2.75, 3.05) is 26.2 Å². The van der Waals surface area contributed by atoms with E-state index < -0.39 is 0 Å². The molecule has 0 atom stereocenters. The molecule has 2 N–H and O–H groups in total. The van der Waals surface area contributed by atoms with Gasteiger partial charge >= 0.3 is 0 Å². The van der Waals surface area contributed by atoms with Gasteiger partial charge in [0.25, 0.3) is 0 Å². The molecule has 3 nitrogen and oxygen atoms in total. The number of nitriles is 1. The summed E-state index contributed by atoms with van der Waals surface area (Å²) in [5, 5.41) is 8.85. The van der Waals surface area contributed by atoms with Gasteiger partial charge in [0.15, 0.2) is 0 Å². The zero-order chi connectivity index (χ0) is 16.1. The van der Waals surface area contributed by atoms with E-state index in [9.17, 15) is 0 Å². The third kappa shape index (κ3) is 4.65. The summed E-state index contributed by atoms with van der Waals surface area (Å²) in [6, 6.07) is 18.9. The van der Waals surface area contributed by atoms with Gasteiger partial charge in [0.2, 0.25) is 0 Å². The summed E-state index contributed by atoms with van der Waals surface area (Å²) in [5.74, 6) is 0. The van der Waals surface area contributed by atoms with Crippen LogP contribution < -0.4 is 9.80 Å². The highest BCUT2D eigenvalue weighted by Gasteiger charge is 2.23. The van der Waals surface area contributed by atoms with Crippen LogP contribution in [-0.2, 0) is 13.1 Å². The minimum atomic E-state index is 0.743. The highest BCUT2D eigenvalue weighted by Crippen LogP contribution is 2.09. The summed E-state index contributed by atoms with van der Waals surface area (Å²) in [7, 11) is 0. The van der Waals surface area contributed by atoms with Gasteiger partial charge in [-0.05, 0) is 24.3 Å². The summed E-state index contributed by atoms with van der Waals surface area (Å²) in [4.78, 5) is 3.32. The fourth-order valence-electron chi connectivity index (χ4n) is 3.19. The van der Waals surface area contributed by atoms with Gasteiger partial charge < -0.3 is 9.80 Å². The molecule has 0 saturated carbocycles. The van der Waals surface area contributed by atoms with Gasteiger partial charge in [-0.25, -0.2) is 0 Å². The first kappa shape index (κ1) is 16.2. The van der Waals surface area contributed by atoms with Gasteiger partial charge in [0.05, 0.1) is 11.6 Å². The average molecular weight is 372 g/mol. The molecule has 1 fully saturated rings. The lowest BCUT2D eigenvalue weighted by atomic mass is 10.1. The van der Waals surface area contributed by atoms with Crippen LogP contribution in [0.15, 0.2) is 53.0 Å². The molecule has 0 aliphatic carbocycles. The van der Waals surface area contributed by atoms with Crippen LogP contribution in [0, 0.1) is 11.3 Å². The molecule has 3 rings (SSSR count). The normalized spacial score (nSPS) is 20.9. The van der Waals surface area contributed by atoms with Crippen LogP contribution in [0.25, 0.3) is 0 Å². The van der Waals surface area contributed by atoms with Gasteiger partial charge in [-0.2, -0.15) is 5.26 Å². The first-order chi connectivity index (χ1) is 11.2. The highest BCUT2D eigenvalue weighted by atomic mass is 79.9. The summed E-state index contributed by atoms with van der Waals surface area (Å²) >= 11 is 3.49. The van der Waals surface area contributed by atoms with E-state index in [0.717, 1.165) is 23.1 Å². The molecule has 1 aliphatic rings. The lowest BCUT2D eigenvalue weighted by molar-refractivity contribution is -1.02. The van der Waals surface area contributed by atoms with E-state index in [-0.39, 0.29) is 0 Å². The van der Waals surface area contributed by atoms with Crippen LogP contribution in [0.4, 0.5) is 0 Å². The maximum Gasteiger partial charge on any atom is 0.127 e. The van der Waals surface area contributed by atoms with Crippen LogP contribution in [0.5, 0.6) is 0 Å². The van der Waals surface area contributed by atoms with E-state index in [1.54, 1.807) is 9.80 Å². The Bertz CT molecular complexity index is 665. The van der Waals surface area contributed by atoms with Crippen molar-refractivity contribution >= 4 is 15.9 Å². The Labute approximate surface area is 146 Å². The predicted octanol–water partition coefficient (Wildman–Crippen LogP) is 0.804. The Balaban J connectivity index is 1.48. The van der Waals surface area contributed by atoms with Crippen molar-refractivity contribution in [1.82, 2.24) is 0 Å². The molecule has 4 heteroatoms. The van der Waals surface area contributed by atoms with Crippen LogP contribution >= 0.6 is 15.9 Å². The summed E-state index contributed by atoms with van der Waals surface area (Å²) in [5.41, 5.74) is 3.49. The Morgan fingerprint density at radius 1 is 0.783 bits per heavy atom. The average Bonchev–Trinajstić information content (AvgIpc) is 2.59. The first-order valence-corrected chi connectivity index (χ1v) is 8.93. The predicted molar refractivity (Wildman–Crippen MR) is 94.1 cm³/mol. The maximum absolute atomic E-state index is 8.85. The van der Waals surface area contributed by atoms with Gasteiger partial charge in [-0.15, -0.1) is 0 Å². The smallest absolute Gasteiger partial charge is 0.127 e. The Kier molecular flexibility index (Phi) is 5.45. The van der Waals surface area contributed by atoms with E-state index in [1.807, 2.05) is 12.1 Å². The van der Waals surface area contributed by atoms with E-state index >= 15 is 0 Å². The molecule has 0 bridgehead atoms. The molecule has 1 aliphatic heterocycles. The number of piperazine rings is 1. The van der Waals surface area contributed by atoms with Gasteiger partial charge in [-0.1, -0.05) is 40.2 Å². The van der Waals surface area contributed by atoms with Crippen molar-refractivity contribution in [2.45, 2.75) is 13.1 Å². The second kappa shape index (κ2) is 7.74. The second-order valence-corrected chi connectivity index (χ2v) is 7.20. The number of quaternary nitrogens is 2. The molecule has 1 saturated heterocycles. The van der Waals surface area contributed by atoms with E-state index in [1.165, 1.54) is 37.3 Å². The van der Waals surface area contributed by atoms with Gasteiger partial charge in [0, 0.05) is 15.6 Å². The monoisotopic (exact) mass is 371 g/mol. The summed E-state index contributed by atoms with van der Waals surface area (Å²) in [6.45, 7) is 7.07. The number of rotatable bonds is 4. The molecular weight excluding hydrogens is 350 g/mol. The molecule has 0 aromatic heterocycles. The minimum absolute atomic E-state index is 0.743. The van der Waals surface area contributed by atoms with E-state index in [2.05, 4.69) is 58.4 Å². The topological polar surface area (TPSA) is 32.7 Å². The van der Waals surface area contributed by atoms with Crippen LogP contribution in [0.3, 0.4) is 0 Å². The van der Waals surface area contributed by atoms with Gasteiger partial charge in [0.1, 0.15) is 39.3 Å². The quantitative estimate of drug-likeness (QED) is 0.818. The SMILES string of the molecule is N#Cc1ccc(C[NH+]2CC[NH+](Cc3ccc(Br)cc3)CC2)cc1. The zero-order valence-corrected chi connectivity index (χ0v) is 14.8.